The van der Waals surface area contributed by atoms with Crippen LogP contribution in [0.2, 0.25) is 0 Å². The second-order valence-electron chi connectivity index (χ2n) is 5.65. The number of hydrogen-bond donors (Lipinski definition) is 0. The predicted octanol–water partition coefficient (Wildman–Crippen LogP) is 2.28. The monoisotopic (exact) mass is 317 g/mol. The van der Waals surface area contributed by atoms with E-state index in [4.69, 9.17) is 4.98 Å². The van der Waals surface area contributed by atoms with E-state index in [0.717, 1.165) is 29.8 Å². The second kappa shape index (κ2) is 6.14. The number of rotatable bonds is 3. The molecule has 0 N–H and O–H groups in total. The van der Waals surface area contributed by atoms with Crippen LogP contribution >= 0.6 is 0 Å². The minimum absolute atomic E-state index is 0.153. The Morgan fingerprint density at radius 3 is 2.82 bits per heavy atom. The molecule has 3 rings (SSSR count). The number of nitrogens with zero attached hydrogens (tertiary/aromatic N) is 3. The fourth-order valence-electron chi connectivity index (χ4n) is 2.84. The first-order valence-corrected chi connectivity index (χ1v) is 9.21. The molecule has 22 heavy (non-hydrogen) atoms. The molecule has 1 aliphatic heterocycles. The largest absolute Gasteiger partial charge is 0.264 e. The van der Waals surface area contributed by atoms with Crippen molar-refractivity contribution in [1.29, 1.82) is 0 Å². The Morgan fingerprint density at radius 1 is 1.23 bits per heavy atom. The van der Waals surface area contributed by atoms with Gasteiger partial charge in [-0.15, -0.1) is 0 Å². The molecule has 0 aliphatic carbocycles. The van der Waals surface area contributed by atoms with Crippen molar-refractivity contribution in [2.24, 2.45) is 0 Å². The van der Waals surface area contributed by atoms with E-state index in [2.05, 4.69) is 4.98 Å². The molecule has 3 heterocycles. The van der Waals surface area contributed by atoms with Crippen LogP contribution in [0, 0.1) is 0 Å². The lowest BCUT2D eigenvalue weighted by molar-refractivity contribution is 0.314. The molecule has 6 heteroatoms. The summed E-state index contributed by atoms with van der Waals surface area (Å²) in [6, 6.07) is 9.77. The Bertz CT molecular complexity index is 747. The third-order valence-electron chi connectivity index (χ3n) is 4.00. The second-order valence-corrected chi connectivity index (χ2v) is 7.63. The van der Waals surface area contributed by atoms with E-state index in [1.165, 1.54) is 6.26 Å². The molecule has 0 unspecified atom stereocenters. The lowest BCUT2D eigenvalue weighted by Crippen LogP contribution is -2.38. The van der Waals surface area contributed by atoms with Crippen molar-refractivity contribution in [3.63, 3.8) is 0 Å². The van der Waals surface area contributed by atoms with Gasteiger partial charge in [0.2, 0.25) is 10.0 Å². The van der Waals surface area contributed by atoms with Crippen LogP contribution in [0.3, 0.4) is 0 Å². The van der Waals surface area contributed by atoms with Crippen LogP contribution in [0.5, 0.6) is 0 Å². The van der Waals surface area contributed by atoms with E-state index < -0.39 is 10.0 Å². The summed E-state index contributed by atoms with van der Waals surface area (Å²) in [6.45, 7) is 1.12. The third-order valence-corrected chi connectivity index (χ3v) is 5.27. The molecule has 2 aromatic heterocycles. The van der Waals surface area contributed by atoms with Gasteiger partial charge in [-0.2, -0.15) is 0 Å². The average Bonchev–Trinajstić information content (AvgIpc) is 2.55. The summed E-state index contributed by atoms with van der Waals surface area (Å²) < 4.78 is 25.1. The highest BCUT2D eigenvalue weighted by atomic mass is 32.2. The van der Waals surface area contributed by atoms with Crippen LogP contribution in [-0.2, 0) is 10.0 Å². The molecular weight excluding hydrogens is 298 g/mol. The van der Waals surface area contributed by atoms with Crippen LogP contribution < -0.4 is 0 Å². The first-order valence-electron chi connectivity index (χ1n) is 7.36. The minimum Gasteiger partial charge on any atom is -0.264 e. The molecule has 0 bridgehead atoms. The number of hydrogen-bond acceptors (Lipinski definition) is 4. The average molecular weight is 317 g/mol. The Labute approximate surface area is 131 Å². The van der Waals surface area contributed by atoms with Crippen molar-refractivity contribution in [2.75, 3.05) is 19.3 Å². The molecule has 0 saturated carbocycles. The molecule has 2 aromatic rings. The van der Waals surface area contributed by atoms with Gasteiger partial charge in [-0.05, 0) is 37.1 Å². The van der Waals surface area contributed by atoms with Crippen molar-refractivity contribution in [3.05, 3.63) is 48.4 Å². The lowest BCUT2D eigenvalue weighted by atomic mass is 9.95. The van der Waals surface area contributed by atoms with Gasteiger partial charge in [0.05, 0.1) is 11.9 Å². The summed E-state index contributed by atoms with van der Waals surface area (Å²) in [4.78, 5) is 8.84. The van der Waals surface area contributed by atoms with E-state index in [0.29, 0.717) is 13.1 Å². The summed E-state index contributed by atoms with van der Waals surface area (Å²) in [5, 5.41) is 0. The quantitative estimate of drug-likeness (QED) is 0.871. The van der Waals surface area contributed by atoms with Crippen LogP contribution in [0.4, 0.5) is 0 Å². The van der Waals surface area contributed by atoms with Crippen molar-refractivity contribution in [3.8, 4) is 11.3 Å². The first kappa shape index (κ1) is 15.1. The molecule has 1 fully saturated rings. The number of piperidine rings is 1. The number of sulfonamides is 1. The molecule has 1 saturated heterocycles. The Hall–Kier alpha value is -1.79. The highest BCUT2D eigenvalue weighted by Crippen LogP contribution is 2.28. The van der Waals surface area contributed by atoms with Gasteiger partial charge >= 0.3 is 0 Å². The molecule has 0 radical (unpaired) electrons. The maximum atomic E-state index is 11.7. The van der Waals surface area contributed by atoms with Crippen LogP contribution in [-0.4, -0.2) is 42.0 Å². The zero-order valence-corrected chi connectivity index (χ0v) is 13.3. The van der Waals surface area contributed by atoms with E-state index in [1.807, 2.05) is 30.3 Å². The number of pyridine rings is 2. The SMILES string of the molecule is CS(=O)(=O)N1CCC[C@@H](c2cccc(-c3cccnc3)n2)C1. The molecule has 0 aromatic carbocycles. The predicted molar refractivity (Wildman–Crippen MR) is 85.9 cm³/mol. The van der Waals surface area contributed by atoms with Gasteiger partial charge in [0.25, 0.3) is 0 Å². The van der Waals surface area contributed by atoms with Gasteiger partial charge in [-0.1, -0.05) is 6.07 Å². The Balaban J connectivity index is 1.86. The number of aromatic nitrogens is 2. The third kappa shape index (κ3) is 3.34. The maximum absolute atomic E-state index is 11.7. The first-order chi connectivity index (χ1) is 10.5. The highest BCUT2D eigenvalue weighted by molar-refractivity contribution is 7.88. The topological polar surface area (TPSA) is 63.2 Å². The molecule has 1 aliphatic rings. The van der Waals surface area contributed by atoms with Gasteiger partial charge in [-0.25, -0.2) is 12.7 Å². The molecular formula is C16H19N3O2S. The molecule has 1 atom stereocenters. The lowest BCUT2D eigenvalue weighted by Gasteiger charge is -2.30. The van der Waals surface area contributed by atoms with E-state index in [-0.39, 0.29) is 5.92 Å². The standard InChI is InChI=1S/C16H19N3O2S/c1-22(20,21)19-10-4-6-14(12-19)16-8-2-7-15(18-16)13-5-3-9-17-11-13/h2-3,5,7-9,11,14H,4,6,10,12H2,1H3/t14-/m1/s1. The van der Waals surface area contributed by atoms with Crippen LogP contribution in [0.15, 0.2) is 42.7 Å². The molecule has 116 valence electrons. The normalized spacial score (nSPS) is 20.0. The van der Waals surface area contributed by atoms with Gasteiger partial charge in [0.15, 0.2) is 0 Å². The van der Waals surface area contributed by atoms with Crippen LogP contribution in [0.1, 0.15) is 24.5 Å². The smallest absolute Gasteiger partial charge is 0.211 e. The molecule has 0 amide bonds. The summed E-state index contributed by atoms with van der Waals surface area (Å²) in [5.41, 5.74) is 2.80. The van der Waals surface area contributed by atoms with Crippen molar-refractivity contribution in [1.82, 2.24) is 14.3 Å². The summed E-state index contributed by atoms with van der Waals surface area (Å²) >= 11 is 0. The molecule has 0 spiro atoms. The van der Waals surface area contributed by atoms with Crippen molar-refractivity contribution in [2.45, 2.75) is 18.8 Å². The van der Waals surface area contributed by atoms with Gasteiger partial charge < -0.3 is 0 Å². The molecule has 5 nitrogen and oxygen atoms in total. The maximum Gasteiger partial charge on any atom is 0.211 e. The zero-order chi connectivity index (χ0) is 15.6. The van der Waals surface area contributed by atoms with Gasteiger partial charge in [0, 0.05) is 42.7 Å². The fraction of sp³-hybridized carbons (Fsp3) is 0.375. The summed E-state index contributed by atoms with van der Waals surface area (Å²) in [7, 11) is -3.13. The highest BCUT2D eigenvalue weighted by Gasteiger charge is 2.27. The summed E-state index contributed by atoms with van der Waals surface area (Å²) in [5.74, 6) is 0.153. The van der Waals surface area contributed by atoms with Gasteiger partial charge in [-0.3, -0.25) is 9.97 Å². The van der Waals surface area contributed by atoms with Crippen molar-refractivity contribution < 1.29 is 8.42 Å². The van der Waals surface area contributed by atoms with E-state index in [9.17, 15) is 8.42 Å². The van der Waals surface area contributed by atoms with E-state index in [1.54, 1.807) is 16.7 Å². The summed E-state index contributed by atoms with van der Waals surface area (Å²) in [6.07, 6.45) is 6.63. The van der Waals surface area contributed by atoms with Gasteiger partial charge in [0.1, 0.15) is 0 Å². The Morgan fingerprint density at radius 2 is 2.09 bits per heavy atom. The van der Waals surface area contributed by atoms with E-state index >= 15 is 0 Å². The van der Waals surface area contributed by atoms with Crippen molar-refractivity contribution >= 4 is 10.0 Å². The zero-order valence-electron chi connectivity index (χ0n) is 12.5. The fourth-order valence-corrected chi connectivity index (χ4v) is 3.75. The van der Waals surface area contributed by atoms with Crippen LogP contribution in [0.25, 0.3) is 11.3 Å². The minimum atomic E-state index is -3.13. The Kier molecular flexibility index (Phi) is 4.22.